The first kappa shape index (κ1) is 17.0. The Balaban J connectivity index is 2.09. The molecule has 1 heterocycles. The summed E-state index contributed by atoms with van der Waals surface area (Å²) in [7, 11) is 0. The van der Waals surface area contributed by atoms with Crippen molar-refractivity contribution in [1.82, 2.24) is 9.97 Å². The Hall–Kier alpha value is -2.41. The quantitative estimate of drug-likeness (QED) is 0.662. The number of nitrogens with one attached hydrogen (secondary N) is 1. The molecule has 0 radical (unpaired) electrons. The smallest absolute Gasteiger partial charge is 0.412 e. The van der Waals surface area contributed by atoms with E-state index in [1.165, 1.54) is 12.1 Å². The number of hydrogen-bond acceptors (Lipinski definition) is 5. The van der Waals surface area contributed by atoms with Crippen LogP contribution < -0.4 is 10.1 Å². The molecule has 1 aromatic heterocycles. The molecule has 0 saturated heterocycles. The lowest BCUT2D eigenvalue weighted by Crippen LogP contribution is -2.27. The summed E-state index contributed by atoms with van der Waals surface area (Å²) in [5, 5.41) is 2.50. The predicted octanol–water partition coefficient (Wildman–Crippen LogP) is 4.41. The topological polar surface area (TPSA) is 73.3 Å². The molecule has 0 aliphatic rings. The Bertz CT molecular complexity index is 699. The third-order valence-corrected chi connectivity index (χ3v) is 2.54. The summed E-state index contributed by atoms with van der Waals surface area (Å²) in [6.45, 7) is 5.29. The maximum Gasteiger partial charge on any atom is 0.412 e. The summed E-state index contributed by atoms with van der Waals surface area (Å²) < 4.78 is 23.6. The first-order valence-electron chi connectivity index (χ1n) is 6.69. The van der Waals surface area contributed by atoms with Crippen molar-refractivity contribution in [3.8, 4) is 11.6 Å². The average Bonchev–Trinajstić information content (AvgIpc) is 2.35. The van der Waals surface area contributed by atoms with Gasteiger partial charge >= 0.3 is 12.2 Å². The van der Waals surface area contributed by atoms with Crippen LogP contribution >= 0.6 is 11.6 Å². The molecule has 23 heavy (non-hydrogen) atoms. The van der Waals surface area contributed by atoms with Crippen LogP contribution in [-0.2, 0) is 4.74 Å². The zero-order chi connectivity index (χ0) is 17.0. The average molecular weight is 340 g/mol. The van der Waals surface area contributed by atoms with E-state index in [0.717, 1.165) is 0 Å². The fourth-order valence-electron chi connectivity index (χ4n) is 1.60. The molecular weight excluding hydrogens is 325 g/mol. The summed E-state index contributed by atoms with van der Waals surface area (Å²) in [4.78, 5) is 18.5. The third kappa shape index (κ3) is 5.71. The van der Waals surface area contributed by atoms with E-state index in [2.05, 4.69) is 15.3 Å². The van der Waals surface area contributed by atoms with E-state index < -0.39 is 17.8 Å². The van der Waals surface area contributed by atoms with Gasteiger partial charge in [0, 0.05) is 17.8 Å². The van der Waals surface area contributed by atoms with E-state index >= 15 is 0 Å². The van der Waals surface area contributed by atoms with Gasteiger partial charge in [0.15, 0.2) is 0 Å². The number of rotatable bonds is 3. The van der Waals surface area contributed by atoms with Gasteiger partial charge in [-0.2, -0.15) is 14.4 Å². The molecule has 122 valence electrons. The Morgan fingerprint density at radius 1 is 1.26 bits per heavy atom. The van der Waals surface area contributed by atoms with E-state index in [1.807, 2.05) is 0 Å². The van der Waals surface area contributed by atoms with Gasteiger partial charge < -0.3 is 9.47 Å². The molecule has 6 nitrogen and oxygen atoms in total. The Labute approximate surface area is 137 Å². The summed E-state index contributed by atoms with van der Waals surface area (Å²) in [5.74, 6) is 0.296. The molecule has 1 N–H and O–H groups in total. The lowest BCUT2D eigenvalue weighted by molar-refractivity contribution is 0.0636. The van der Waals surface area contributed by atoms with Crippen LogP contribution in [-0.4, -0.2) is 21.7 Å². The lowest BCUT2D eigenvalue weighted by Gasteiger charge is -2.19. The zero-order valence-corrected chi connectivity index (χ0v) is 13.5. The molecule has 1 aromatic carbocycles. The maximum absolute atomic E-state index is 13.1. The van der Waals surface area contributed by atoms with Crippen LogP contribution in [0.1, 0.15) is 20.8 Å². The van der Waals surface area contributed by atoms with Crippen LogP contribution in [0.4, 0.5) is 14.9 Å². The highest BCUT2D eigenvalue weighted by atomic mass is 35.5. The van der Waals surface area contributed by atoms with Crippen LogP contribution in [0.2, 0.25) is 5.15 Å². The van der Waals surface area contributed by atoms with Crippen molar-refractivity contribution in [3.05, 3.63) is 41.6 Å². The standard InChI is InChI=1S/C15H15ClFN3O3/c1-15(2,3)23-14(21)18-9-5-4-6-10(7-9)22-12-8-11(16)19-13(17)20-12/h4-8H,1-3H3,(H,18,21). The van der Waals surface area contributed by atoms with Crippen LogP contribution in [0.3, 0.4) is 0 Å². The minimum Gasteiger partial charge on any atom is -0.444 e. The molecule has 0 fully saturated rings. The fraction of sp³-hybridized carbons (Fsp3) is 0.267. The monoisotopic (exact) mass is 339 g/mol. The highest BCUT2D eigenvalue weighted by molar-refractivity contribution is 6.29. The van der Waals surface area contributed by atoms with Crippen molar-refractivity contribution in [2.75, 3.05) is 5.32 Å². The summed E-state index contributed by atoms with van der Waals surface area (Å²) in [5.41, 5.74) is -0.148. The normalized spacial score (nSPS) is 11.0. The van der Waals surface area contributed by atoms with Crippen LogP contribution in [0.15, 0.2) is 30.3 Å². The molecule has 0 unspecified atom stereocenters. The Morgan fingerprint density at radius 3 is 2.65 bits per heavy atom. The van der Waals surface area contributed by atoms with Crippen molar-refractivity contribution in [2.45, 2.75) is 26.4 Å². The summed E-state index contributed by atoms with van der Waals surface area (Å²) in [6, 6.07) is 7.75. The number of hydrogen-bond donors (Lipinski definition) is 1. The number of nitrogens with zero attached hydrogens (tertiary/aromatic N) is 2. The maximum atomic E-state index is 13.1. The Morgan fingerprint density at radius 2 is 2.00 bits per heavy atom. The van der Waals surface area contributed by atoms with Crippen molar-refractivity contribution < 1.29 is 18.7 Å². The van der Waals surface area contributed by atoms with Crippen molar-refractivity contribution in [3.63, 3.8) is 0 Å². The number of halogens is 2. The number of carbonyl (C=O) groups is 1. The summed E-state index contributed by atoms with van der Waals surface area (Å²) in [6.07, 6.45) is -1.58. The van der Waals surface area contributed by atoms with E-state index in [9.17, 15) is 9.18 Å². The van der Waals surface area contributed by atoms with Crippen LogP contribution in [0, 0.1) is 6.08 Å². The van der Waals surface area contributed by atoms with Gasteiger partial charge in [0.25, 0.3) is 0 Å². The molecule has 0 aliphatic carbocycles. The highest BCUT2D eigenvalue weighted by Crippen LogP contribution is 2.24. The van der Waals surface area contributed by atoms with Gasteiger partial charge in [-0.15, -0.1) is 0 Å². The molecule has 0 bridgehead atoms. The Kier molecular flexibility index (Phi) is 5.00. The molecule has 2 aromatic rings. The molecule has 0 saturated carbocycles. The van der Waals surface area contributed by atoms with E-state index in [0.29, 0.717) is 11.4 Å². The molecular formula is C15H15ClFN3O3. The second-order valence-corrected chi connectivity index (χ2v) is 5.94. The molecule has 0 atom stereocenters. The third-order valence-electron chi connectivity index (χ3n) is 2.35. The van der Waals surface area contributed by atoms with E-state index in [1.54, 1.807) is 39.0 Å². The molecule has 1 amide bonds. The van der Waals surface area contributed by atoms with Gasteiger partial charge in [-0.05, 0) is 32.9 Å². The van der Waals surface area contributed by atoms with Gasteiger partial charge in [-0.1, -0.05) is 17.7 Å². The lowest BCUT2D eigenvalue weighted by atomic mass is 10.2. The first-order chi connectivity index (χ1) is 10.7. The van der Waals surface area contributed by atoms with E-state index in [-0.39, 0.29) is 11.0 Å². The second-order valence-electron chi connectivity index (χ2n) is 5.55. The van der Waals surface area contributed by atoms with Gasteiger partial charge in [-0.3, -0.25) is 5.32 Å². The number of anilines is 1. The highest BCUT2D eigenvalue weighted by Gasteiger charge is 2.16. The molecule has 0 aliphatic heterocycles. The SMILES string of the molecule is CC(C)(C)OC(=O)Nc1cccc(Oc2cc(Cl)nc(F)n2)c1. The minimum absolute atomic E-state index is 0.0445. The number of carbonyl (C=O) groups excluding carboxylic acids is 1. The van der Waals surface area contributed by atoms with Gasteiger partial charge in [0.2, 0.25) is 5.88 Å². The van der Waals surface area contributed by atoms with Crippen molar-refractivity contribution >= 4 is 23.4 Å². The van der Waals surface area contributed by atoms with Gasteiger partial charge in [0.1, 0.15) is 16.5 Å². The largest absolute Gasteiger partial charge is 0.444 e. The second kappa shape index (κ2) is 6.78. The van der Waals surface area contributed by atoms with Crippen molar-refractivity contribution in [2.24, 2.45) is 0 Å². The van der Waals surface area contributed by atoms with Crippen LogP contribution in [0.25, 0.3) is 0 Å². The van der Waals surface area contributed by atoms with Crippen LogP contribution in [0.5, 0.6) is 11.6 Å². The van der Waals surface area contributed by atoms with Gasteiger partial charge in [-0.25, -0.2) is 4.79 Å². The summed E-state index contributed by atoms with van der Waals surface area (Å²) >= 11 is 5.63. The number of aromatic nitrogens is 2. The number of benzene rings is 1. The zero-order valence-electron chi connectivity index (χ0n) is 12.8. The molecule has 0 spiro atoms. The van der Waals surface area contributed by atoms with Gasteiger partial charge in [0.05, 0.1) is 0 Å². The number of amides is 1. The predicted molar refractivity (Wildman–Crippen MR) is 83.4 cm³/mol. The molecule has 2 rings (SSSR count). The minimum atomic E-state index is -0.990. The van der Waals surface area contributed by atoms with Crippen molar-refractivity contribution in [1.29, 1.82) is 0 Å². The number of ether oxygens (including phenoxy) is 2. The molecule has 8 heteroatoms. The fourth-order valence-corrected chi connectivity index (χ4v) is 1.77. The van der Waals surface area contributed by atoms with E-state index in [4.69, 9.17) is 21.1 Å². The first-order valence-corrected chi connectivity index (χ1v) is 7.07.